The number of carbonyl (C=O) groups excluding carboxylic acids is 1. The van der Waals surface area contributed by atoms with Gasteiger partial charge in [-0.1, -0.05) is 0 Å². The summed E-state index contributed by atoms with van der Waals surface area (Å²) in [7, 11) is 1.39. The Morgan fingerprint density at radius 2 is 2.38 bits per heavy atom. The second kappa shape index (κ2) is 2.83. The number of hydrogen-bond donors (Lipinski definition) is 0. The Kier molecular flexibility index (Phi) is 1.79. The van der Waals surface area contributed by atoms with Gasteiger partial charge in [0.2, 0.25) is 11.8 Å². The summed E-state index contributed by atoms with van der Waals surface area (Å²) in [5.41, 5.74) is 0. The third-order valence-electron chi connectivity index (χ3n) is 2.15. The zero-order chi connectivity index (χ0) is 9.42. The molecule has 1 fully saturated rings. The molecule has 70 valence electrons. The molecule has 0 bridgehead atoms. The second-order valence-corrected chi connectivity index (χ2v) is 3.13. The normalized spacial score (nSPS) is 25.7. The number of aryl methyl sites for hydroxylation is 1. The first-order chi connectivity index (χ1) is 6.22. The van der Waals surface area contributed by atoms with Crippen LogP contribution >= 0.6 is 0 Å². The van der Waals surface area contributed by atoms with Crippen LogP contribution in [0.4, 0.5) is 0 Å². The average Bonchev–Trinajstić information content (AvgIpc) is 2.82. The molecule has 2 unspecified atom stereocenters. The number of nitrogens with zero attached hydrogens (tertiary/aromatic N) is 2. The van der Waals surface area contributed by atoms with E-state index >= 15 is 0 Å². The Bertz CT molecular complexity index is 334. The smallest absolute Gasteiger partial charge is 0.309 e. The number of carbonyl (C=O) groups is 1. The van der Waals surface area contributed by atoms with Crippen molar-refractivity contribution in [2.24, 2.45) is 5.92 Å². The van der Waals surface area contributed by atoms with Gasteiger partial charge in [0.05, 0.1) is 18.9 Å². The lowest BCUT2D eigenvalue weighted by atomic mass is 10.3. The van der Waals surface area contributed by atoms with E-state index in [4.69, 9.17) is 4.42 Å². The Labute approximate surface area is 75.1 Å². The molecule has 13 heavy (non-hydrogen) atoms. The lowest BCUT2D eigenvalue weighted by Gasteiger charge is -1.93. The molecular formula is C8H10N2O3. The van der Waals surface area contributed by atoms with Gasteiger partial charge in [0.25, 0.3) is 0 Å². The lowest BCUT2D eigenvalue weighted by Crippen LogP contribution is -2.03. The van der Waals surface area contributed by atoms with Gasteiger partial charge in [-0.25, -0.2) is 0 Å². The van der Waals surface area contributed by atoms with Crippen LogP contribution in [0.2, 0.25) is 0 Å². The first-order valence-electron chi connectivity index (χ1n) is 4.10. The molecule has 1 aliphatic rings. The van der Waals surface area contributed by atoms with Crippen molar-refractivity contribution >= 4 is 5.97 Å². The molecule has 0 amide bonds. The first kappa shape index (κ1) is 8.22. The highest BCUT2D eigenvalue weighted by atomic mass is 16.5. The largest absolute Gasteiger partial charge is 0.469 e. The van der Waals surface area contributed by atoms with Gasteiger partial charge in [0, 0.05) is 6.92 Å². The Morgan fingerprint density at radius 3 is 2.92 bits per heavy atom. The van der Waals surface area contributed by atoms with Gasteiger partial charge in [-0.05, 0) is 6.42 Å². The second-order valence-electron chi connectivity index (χ2n) is 3.13. The molecule has 1 aliphatic carbocycles. The molecule has 1 heterocycles. The molecule has 1 saturated carbocycles. The summed E-state index contributed by atoms with van der Waals surface area (Å²) >= 11 is 0. The number of ether oxygens (including phenoxy) is 1. The van der Waals surface area contributed by atoms with Crippen LogP contribution in [0.3, 0.4) is 0 Å². The summed E-state index contributed by atoms with van der Waals surface area (Å²) in [5.74, 6) is 0.887. The highest BCUT2D eigenvalue weighted by Crippen LogP contribution is 2.47. The van der Waals surface area contributed by atoms with E-state index in [1.54, 1.807) is 6.92 Å². The summed E-state index contributed by atoms with van der Waals surface area (Å²) in [6.45, 7) is 1.73. The minimum absolute atomic E-state index is 0.0775. The molecular weight excluding hydrogens is 172 g/mol. The van der Waals surface area contributed by atoms with Crippen LogP contribution in [0.5, 0.6) is 0 Å². The predicted molar refractivity (Wildman–Crippen MR) is 41.9 cm³/mol. The number of aromatic nitrogens is 2. The summed E-state index contributed by atoms with van der Waals surface area (Å²) in [5, 5.41) is 7.55. The van der Waals surface area contributed by atoms with Gasteiger partial charge in [-0.2, -0.15) is 0 Å². The summed E-state index contributed by atoms with van der Waals surface area (Å²) < 4.78 is 9.81. The molecule has 0 aromatic carbocycles. The van der Waals surface area contributed by atoms with Crippen LogP contribution in [0.15, 0.2) is 4.42 Å². The maximum Gasteiger partial charge on any atom is 0.309 e. The molecule has 0 spiro atoms. The van der Waals surface area contributed by atoms with E-state index in [9.17, 15) is 4.79 Å². The highest BCUT2D eigenvalue weighted by Gasteiger charge is 2.48. The van der Waals surface area contributed by atoms with Crippen molar-refractivity contribution in [3.63, 3.8) is 0 Å². The van der Waals surface area contributed by atoms with E-state index < -0.39 is 0 Å². The van der Waals surface area contributed by atoms with Crippen molar-refractivity contribution < 1.29 is 13.9 Å². The molecule has 2 rings (SSSR count). The lowest BCUT2D eigenvalue weighted by molar-refractivity contribution is -0.142. The van der Waals surface area contributed by atoms with Crippen LogP contribution in [0.1, 0.15) is 24.1 Å². The molecule has 0 aliphatic heterocycles. The van der Waals surface area contributed by atoms with Crippen LogP contribution < -0.4 is 0 Å². The van der Waals surface area contributed by atoms with Crippen LogP contribution in [-0.4, -0.2) is 23.3 Å². The van der Waals surface area contributed by atoms with Crippen molar-refractivity contribution in [2.75, 3.05) is 7.11 Å². The monoisotopic (exact) mass is 182 g/mol. The number of hydrogen-bond acceptors (Lipinski definition) is 5. The maximum absolute atomic E-state index is 11.1. The SMILES string of the molecule is COC(=O)C1CC1c1nnc(C)o1. The molecule has 5 nitrogen and oxygen atoms in total. The molecule has 0 saturated heterocycles. The van der Waals surface area contributed by atoms with E-state index in [1.807, 2.05) is 0 Å². The van der Waals surface area contributed by atoms with Crippen molar-refractivity contribution in [2.45, 2.75) is 19.3 Å². The van der Waals surface area contributed by atoms with Crippen molar-refractivity contribution in [1.29, 1.82) is 0 Å². The van der Waals surface area contributed by atoms with Crippen LogP contribution in [0, 0.1) is 12.8 Å². The highest BCUT2D eigenvalue weighted by molar-refractivity contribution is 5.76. The van der Waals surface area contributed by atoms with Gasteiger partial charge in [-0.15, -0.1) is 10.2 Å². The van der Waals surface area contributed by atoms with E-state index in [1.165, 1.54) is 7.11 Å². The number of rotatable bonds is 2. The van der Waals surface area contributed by atoms with Gasteiger partial charge in [0.15, 0.2) is 0 Å². The third-order valence-corrected chi connectivity index (χ3v) is 2.15. The van der Waals surface area contributed by atoms with Gasteiger partial charge < -0.3 is 9.15 Å². The minimum Gasteiger partial charge on any atom is -0.469 e. The fourth-order valence-corrected chi connectivity index (χ4v) is 1.34. The van der Waals surface area contributed by atoms with Gasteiger partial charge in [0.1, 0.15) is 0 Å². The first-order valence-corrected chi connectivity index (χ1v) is 4.10. The van der Waals surface area contributed by atoms with Crippen LogP contribution in [0.25, 0.3) is 0 Å². The van der Waals surface area contributed by atoms with Gasteiger partial charge >= 0.3 is 5.97 Å². The Morgan fingerprint density at radius 1 is 1.62 bits per heavy atom. The zero-order valence-electron chi connectivity index (χ0n) is 7.48. The van der Waals surface area contributed by atoms with E-state index in [0.29, 0.717) is 11.8 Å². The maximum atomic E-state index is 11.1. The summed E-state index contributed by atoms with van der Waals surface area (Å²) in [6.07, 6.45) is 0.758. The quantitative estimate of drug-likeness (QED) is 0.628. The fraction of sp³-hybridized carbons (Fsp3) is 0.625. The van der Waals surface area contributed by atoms with Crippen molar-refractivity contribution in [3.05, 3.63) is 11.8 Å². The standard InChI is InChI=1S/C8H10N2O3/c1-4-9-10-7(13-4)5-3-6(5)8(11)12-2/h5-6H,3H2,1-2H3. The summed E-state index contributed by atoms with van der Waals surface area (Å²) in [6, 6.07) is 0. The Hall–Kier alpha value is -1.39. The topological polar surface area (TPSA) is 65.2 Å². The van der Waals surface area contributed by atoms with E-state index in [2.05, 4.69) is 14.9 Å². The molecule has 0 N–H and O–H groups in total. The van der Waals surface area contributed by atoms with Gasteiger partial charge in [-0.3, -0.25) is 4.79 Å². The van der Waals surface area contributed by atoms with E-state index in [-0.39, 0.29) is 17.8 Å². The van der Waals surface area contributed by atoms with E-state index in [0.717, 1.165) is 6.42 Å². The molecule has 5 heteroatoms. The summed E-state index contributed by atoms with van der Waals surface area (Å²) in [4.78, 5) is 11.1. The molecule has 1 aromatic heterocycles. The van der Waals surface area contributed by atoms with Crippen molar-refractivity contribution in [3.8, 4) is 0 Å². The van der Waals surface area contributed by atoms with Crippen LogP contribution in [-0.2, 0) is 9.53 Å². The fourth-order valence-electron chi connectivity index (χ4n) is 1.34. The van der Waals surface area contributed by atoms with Crippen molar-refractivity contribution in [1.82, 2.24) is 10.2 Å². The molecule has 1 aromatic rings. The minimum atomic E-state index is -0.194. The Balaban J connectivity index is 2.04. The molecule has 2 atom stereocenters. The number of esters is 1. The number of methoxy groups -OCH3 is 1. The predicted octanol–water partition coefficient (Wildman–Crippen LogP) is 0.655. The third kappa shape index (κ3) is 1.41. The average molecular weight is 182 g/mol. The zero-order valence-corrected chi connectivity index (χ0v) is 7.48. The molecule has 0 radical (unpaired) electrons.